The second kappa shape index (κ2) is 8.73. The van der Waals surface area contributed by atoms with Gasteiger partial charge in [-0.1, -0.05) is 12.1 Å². The van der Waals surface area contributed by atoms with E-state index in [0.29, 0.717) is 24.6 Å². The number of amides is 2. The predicted octanol–water partition coefficient (Wildman–Crippen LogP) is 3.97. The fourth-order valence-electron chi connectivity index (χ4n) is 3.73. The van der Waals surface area contributed by atoms with Crippen LogP contribution in [0.25, 0.3) is 0 Å². The van der Waals surface area contributed by atoms with Crippen molar-refractivity contribution in [3.8, 4) is 0 Å². The van der Waals surface area contributed by atoms with Crippen molar-refractivity contribution < 1.29 is 14.3 Å². The molecule has 7 heteroatoms. The molecule has 0 saturated heterocycles. The Morgan fingerprint density at radius 1 is 1.16 bits per heavy atom. The van der Waals surface area contributed by atoms with Crippen molar-refractivity contribution in [3.05, 3.63) is 52.8 Å². The van der Waals surface area contributed by atoms with Gasteiger partial charge < -0.3 is 15.4 Å². The average Bonchev–Trinajstić information content (AvgIpc) is 3.46. The lowest BCUT2D eigenvalue weighted by atomic mass is 9.94. The Bertz CT molecular complexity index is 956. The summed E-state index contributed by atoms with van der Waals surface area (Å²) in [5.41, 5.74) is 2.59. The molecule has 2 aromatic rings. The van der Waals surface area contributed by atoms with Crippen LogP contribution in [0, 0.1) is 19.8 Å². The topological polar surface area (TPSA) is 85.2 Å². The van der Waals surface area contributed by atoms with Gasteiger partial charge in [-0.25, -0.2) is 4.79 Å². The lowest BCUT2D eigenvalue weighted by Crippen LogP contribution is -2.55. The first-order chi connectivity index (χ1) is 14.4. The number of nitrogens with one attached hydrogen (secondary N) is 2. The van der Waals surface area contributed by atoms with Crippen molar-refractivity contribution in [1.82, 2.24) is 20.4 Å². The molecule has 1 aromatic carbocycles. The van der Waals surface area contributed by atoms with Crippen molar-refractivity contribution in [2.45, 2.75) is 72.1 Å². The van der Waals surface area contributed by atoms with Crippen LogP contribution in [0.4, 0.5) is 4.79 Å². The largest absolute Gasteiger partial charge is 0.444 e. The van der Waals surface area contributed by atoms with Crippen LogP contribution in [0.1, 0.15) is 67.8 Å². The number of alkyl carbamates (subject to hydrolysis) is 1. The summed E-state index contributed by atoms with van der Waals surface area (Å²) >= 11 is 0. The molecule has 2 amide bonds. The van der Waals surface area contributed by atoms with Gasteiger partial charge in [0.2, 0.25) is 0 Å². The second-order valence-corrected chi connectivity index (χ2v) is 9.79. The number of rotatable bonds is 7. The molecule has 1 aliphatic carbocycles. The molecule has 0 bridgehead atoms. The van der Waals surface area contributed by atoms with E-state index in [9.17, 15) is 9.59 Å². The number of aromatic nitrogens is 2. The van der Waals surface area contributed by atoms with E-state index in [0.717, 1.165) is 29.8 Å². The molecule has 1 saturated carbocycles. The number of benzene rings is 1. The van der Waals surface area contributed by atoms with E-state index >= 15 is 0 Å². The quantitative estimate of drug-likeness (QED) is 0.701. The monoisotopic (exact) mass is 426 g/mol. The highest BCUT2D eigenvalue weighted by molar-refractivity contribution is 5.95. The van der Waals surface area contributed by atoms with E-state index in [1.165, 1.54) is 0 Å². The van der Waals surface area contributed by atoms with Crippen LogP contribution in [0.2, 0.25) is 0 Å². The Kier molecular flexibility index (Phi) is 6.43. The molecule has 1 atom stereocenters. The first-order valence-corrected chi connectivity index (χ1v) is 10.8. The summed E-state index contributed by atoms with van der Waals surface area (Å²) < 4.78 is 7.27. The van der Waals surface area contributed by atoms with Gasteiger partial charge in [-0.3, -0.25) is 9.48 Å². The fraction of sp³-hybridized carbons (Fsp3) is 0.542. The minimum Gasteiger partial charge on any atom is -0.444 e. The Morgan fingerprint density at radius 3 is 2.45 bits per heavy atom. The number of hydrogen-bond donors (Lipinski definition) is 2. The molecule has 1 aromatic heterocycles. The summed E-state index contributed by atoms with van der Waals surface area (Å²) in [7, 11) is 0. The van der Waals surface area contributed by atoms with Crippen LogP contribution in [-0.2, 0) is 11.3 Å². The molecular formula is C24H34N4O3. The van der Waals surface area contributed by atoms with Crippen molar-refractivity contribution >= 4 is 12.0 Å². The molecule has 168 valence electrons. The minimum absolute atomic E-state index is 0.143. The average molecular weight is 427 g/mol. The molecule has 1 unspecified atom stereocenters. The number of carbonyl (C=O) groups excluding carboxylic acids is 2. The number of aryl methyl sites for hydroxylation is 2. The smallest absolute Gasteiger partial charge is 0.407 e. The summed E-state index contributed by atoms with van der Waals surface area (Å²) in [4.78, 5) is 25.2. The lowest BCUT2D eigenvalue weighted by molar-refractivity contribution is 0.0502. The van der Waals surface area contributed by atoms with Crippen LogP contribution < -0.4 is 10.6 Å². The number of carbonyl (C=O) groups is 2. The standard InChI is InChI=1S/C24H34N4O3/c1-16-12-17(2)28(27-16)14-18-8-7-9-19(13-18)21(29)26-24(6,20-10-11-20)15-25-22(30)31-23(3,4)5/h7-9,12-13,20H,10-11,14-15H2,1-6H3,(H,25,30)(H,26,29). The molecule has 31 heavy (non-hydrogen) atoms. The number of nitrogens with zero attached hydrogens (tertiary/aromatic N) is 2. The highest BCUT2D eigenvalue weighted by Crippen LogP contribution is 2.39. The van der Waals surface area contributed by atoms with Crippen LogP contribution in [0.3, 0.4) is 0 Å². The molecule has 7 nitrogen and oxygen atoms in total. The van der Waals surface area contributed by atoms with Crippen LogP contribution in [-0.4, -0.2) is 39.5 Å². The summed E-state index contributed by atoms with van der Waals surface area (Å²) in [5.74, 6) is 0.194. The SMILES string of the molecule is Cc1cc(C)n(Cc2cccc(C(=O)NC(C)(CNC(=O)OC(C)(C)C)C3CC3)c2)n1. The Labute approximate surface area is 184 Å². The Hall–Kier alpha value is -2.83. The van der Waals surface area contributed by atoms with Gasteiger partial charge in [0.05, 0.1) is 17.8 Å². The molecule has 1 heterocycles. The van der Waals surface area contributed by atoms with Crippen molar-refractivity contribution in [1.29, 1.82) is 0 Å². The maximum Gasteiger partial charge on any atom is 0.407 e. The molecular weight excluding hydrogens is 392 g/mol. The van der Waals surface area contributed by atoms with E-state index < -0.39 is 17.2 Å². The zero-order valence-electron chi connectivity index (χ0n) is 19.4. The molecule has 3 rings (SSSR count). The summed E-state index contributed by atoms with van der Waals surface area (Å²) in [6, 6.07) is 9.64. The van der Waals surface area contributed by atoms with Gasteiger partial charge in [0, 0.05) is 17.8 Å². The van der Waals surface area contributed by atoms with Gasteiger partial charge in [-0.05, 0) is 84.1 Å². The van der Waals surface area contributed by atoms with Crippen LogP contribution in [0.15, 0.2) is 30.3 Å². The zero-order chi connectivity index (χ0) is 22.8. The van der Waals surface area contributed by atoms with Gasteiger partial charge in [0.15, 0.2) is 0 Å². The van der Waals surface area contributed by atoms with Gasteiger partial charge in [0.1, 0.15) is 5.60 Å². The van der Waals surface area contributed by atoms with Crippen molar-refractivity contribution in [2.75, 3.05) is 6.54 Å². The third kappa shape index (κ3) is 6.32. The number of ether oxygens (including phenoxy) is 1. The third-order valence-electron chi connectivity index (χ3n) is 5.50. The zero-order valence-corrected chi connectivity index (χ0v) is 19.4. The molecule has 2 N–H and O–H groups in total. The first kappa shape index (κ1) is 22.8. The highest BCUT2D eigenvalue weighted by Gasteiger charge is 2.43. The van der Waals surface area contributed by atoms with Gasteiger partial charge in [-0.2, -0.15) is 5.10 Å². The van der Waals surface area contributed by atoms with Gasteiger partial charge in [-0.15, -0.1) is 0 Å². The van der Waals surface area contributed by atoms with Crippen LogP contribution in [0.5, 0.6) is 0 Å². The summed E-state index contributed by atoms with van der Waals surface area (Å²) in [6.45, 7) is 12.4. The summed E-state index contributed by atoms with van der Waals surface area (Å²) in [6.07, 6.45) is 1.59. The molecule has 0 aliphatic heterocycles. The second-order valence-electron chi connectivity index (χ2n) is 9.79. The maximum absolute atomic E-state index is 13.1. The molecule has 0 radical (unpaired) electrons. The van der Waals surface area contributed by atoms with E-state index in [1.807, 2.05) is 76.6 Å². The maximum atomic E-state index is 13.1. The van der Waals surface area contributed by atoms with Crippen molar-refractivity contribution in [3.63, 3.8) is 0 Å². The minimum atomic E-state index is -0.560. The van der Waals surface area contributed by atoms with Gasteiger partial charge >= 0.3 is 6.09 Å². The van der Waals surface area contributed by atoms with Gasteiger partial charge in [0.25, 0.3) is 5.91 Å². The van der Waals surface area contributed by atoms with E-state index in [4.69, 9.17) is 4.74 Å². The van der Waals surface area contributed by atoms with E-state index in [-0.39, 0.29) is 5.91 Å². The normalized spacial score (nSPS) is 15.8. The number of hydrogen-bond acceptors (Lipinski definition) is 4. The van der Waals surface area contributed by atoms with Crippen LogP contribution >= 0.6 is 0 Å². The fourth-order valence-corrected chi connectivity index (χ4v) is 3.73. The highest BCUT2D eigenvalue weighted by atomic mass is 16.6. The van der Waals surface area contributed by atoms with E-state index in [1.54, 1.807) is 0 Å². The van der Waals surface area contributed by atoms with E-state index in [2.05, 4.69) is 15.7 Å². The summed E-state index contributed by atoms with van der Waals surface area (Å²) in [5, 5.41) is 10.5. The Morgan fingerprint density at radius 2 is 1.87 bits per heavy atom. The molecule has 1 aliphatic rings. The van der Waals surface area contributed by atoms with Crippen molar-refractivity contribution in [2.24, 2.45) is 5.92 Å². The Balaban J connectivity index is 1.67. The third-order valence-corrected chi connectivity index (χ3v) is 5.50. The molecule has 0 spiro atoms. The predicted molar refractivity (Wildman–Crippen MR) is 120 cm³/mol. The molecule has 1 fully saturated rings. The first-order valence-electron chi connectivity index (χ1n) is 10.8. The lowest BCUT2D eigenvalue weighted by Gasteiger charge is -2.32.